The lowest BCUT2D eigenvalue weighted by Gasteiger charge is -2.40. The topological polar surface area (TPSA) is 97.5 Å². The van der Waals surface area contributed by atoms with Crippen molar-refractivity contribution in [2.24, 2.45) is 0 Å². The number of carbonyl (C=O) groups is 3. The van der Waals surface area contributed by atoms with Gasteiger partial charge in [0, 0.05) is 41.8 Å². The summed E-state index contributed by atoms with van der Waals surface area (Å²) in [5.41, 5.74) is -0.566. The standard InChI is InChI=1S/C27H30F3N5O3/c1-16-23(26(38)35-11-7-18(8-12-35)34-9-3-2-4-10-34)24(27(28,29)30)22(32-16)14-20-19-13-17(31-15-36)5-6-21(19)33-25(20)37/h5-6,13-15,18,32H,2-4,7-12H2,1H3,(H,31,36)(H,33,37)/b20-14-. The van der Waals surface area contributed by atoms with E-state index in [9.17, 15) is 27.6 Å². The number of nitrogens with zero attached hydrogens (tertiary/aromatic N) is 2. The number of hydrogen-bond donors (Lipinski definition) is 3. The summed E-state index contributed by atoms with van der Waals surface area (Å²) in [5.74, 6) is -1.22. The highest BCUT2D eigenvalue weighted by Gasteiger charge is 2.42. The summed E-state index contributed by atoms with van der Waals surface area (Å²) in [5, 5.41) is 5.10. The third-order valence-electron chi connectivity index (χ3n) is 7.69. The second-order valence-electron chi connectivity index (χ2n) is 10.1. The Hall–Kier alpha value is -3.60. The van der Waals surface area contributed by atoms with Gasteiger partial charge < -0.3 is 25.4 Å². The van der Waals surface area contributed by atoms with E-state index in [1.54, 1.807) is 12.1 Å². The van der Waals surface area contributed by atoms with E-state index < -0.39 is 29.1 Å². The summed E-state index contributed by atoms with van der Waals surface area (Å²) in [4.78, 5) is 43.6. The van der Waals surface area contributed by atoms with Crippen LogP contribution in [0.25, 0.3) is 11.6 Å². The number of rotatable bonds is 5. The molecule has 1 aromatic heterocycles. The molecular weight excluding hydrogens is 499 g/mol. The number of hydrogen-bond acceptors (Lipinski definition) is 4. The van der Waals surface area contributed by atoms with Crippen LogP contribution in [0.4, 0.5) is 24.5 Å². The summed E-state index contributed by atoms with van der Waals surface area (Å²) in [6.45, 7) is 4.32. The minimum absolute atomic E-state index is 0.00245. The van der Waals surface area contributed by atoms with Crippen molar-refractivity contribution in [3.05, 3.63) is 46.3 Å². The van der Waals surface area contributed by atoms with Crippen molar-refractivity contribution in [1.82, 2.24) is 14.8 Å². The summed E-state index contributed by atoms with van der Waals surface area (Å²) in [7, 11) is 0. The largest absolute Gasteiger partial charge is 0.419 e. The van der Waals surface area contributed by atoms with Gasteiger partial charge in [0.05, 0.1) is 22.4 Å². The molecule has 8 nitrogen and oxygen atoms in total. The van der Waals surface area contributed by atoms with Gasteiger partial charge in [-0.1, -0.05) is 6.42 Å². The molecule has 0 unspecified atom stereocenters. The molecule has 1 aromatic carbocycles. The first-order chi connectivity index (χ1) is 18.2. The van der Waals surface area contributed by atoms with Crippen LogP contribution in [-0.4, -0.2) is 65.2 Å². The van der Waals surface area contributed by atoms with E-state index in [-0.39, 0.29) is 17.0 Å². The van der Waals surface area contributed by atoms with Crippen molar-refractivity contribution in [2.75, 3.05) is 36.8 Å². The molecule has 3 N–H and O–H groups in total. The van der Waals surface area contributed by atoms with Gasteiger partial charge in [-0.2, -0.15) is 13.2 Å². The van der Waals surface area contributed by atoms with Crippen molar-refractivity contribution in [3.8, 4) is 0 Å². The van der Waals surface area contributed by atoms with E-state index in [1.165, 1.54) is 24.3 Å². The fraction of sp³-hybridized carbons (Fsp3) is 0.444. The van der Waals surface area contributed by atoms with Crippen molar-refractivity contribution in [3.63, 3.8) is 0 Å². The van der Waals surface area contributed by atoms with Crippen LogP contribution in [0.2, 0.25) is 0 Å². The van der Waals surface area contributed by atoms with Crippen LogP contribution in [-0.2, 0) is 15.8 Å². The molecule has 4 heterocycles. The van der Waals surface area contributed by atoms with E-state index in [0.29, 0.717) is 42.5 Å². The molecule has 0 aliphatic carbocycles. The van der Waals surface area contributed by atoms with Crippen LogP contribution < -0.4 is 10.6 Å². The molecule has 0 radical (unpaired) electrons. The lowest BCUT2D eigenvalue weighted by atomic mass is 9.98. The number of alkyl halides is 3. The molecule has 202 valence electrons. The zero-order chi connectivity index (χ0) is 27.0. The number of carbonyl (C=O) groups excluding carboxylic acids is 3. The maximum absolute atomic E-state index is 14.4. The fourth-order valence-corrected chi connectivity index (χ4v) is 5.83. The van der Waals surface area contributed by atoms with E-state index >= 15 is 0 Å². The number of H-pyrrole nitrogens is 1. The molecule has 2 aromatic rings. The highest BCUT2D eigenvalue weighted by Crippen LogP contribution is 2.41. The lowest BCUT2D eigenvalue weighted by Crippen LogP contribution is -2.48. The predicted molar refractivity (Wildman–Crippen MR) is 138 cm³/mol. The summed E-state index contributed by atoms with van der Waals surface area (Å²) >= 11 is 0. The smallest absolute Gasteiger partial charge is 0.358 e. The molecule has 2 saturated heterocycles. The number of fused-ring (bicyclic) bond motifs is 1. The van der Waals surface area contributed by atoms with Gasteiger partial charge in [-0.3, -0.25) is 14.4 Å². The number of aryl methyl sites for hydroxylation is 1. The minimum Gasteiger partial charge on any atom is -0.358 e. The van der Waals surface area contributed by atoms with Crippen LogP contribution >= 0.6 is 0 Å². The van der Waals surface area contributed by atoms with Crippen molar-refractivity contribution >= 4 is 41.2 Å². The molecular formula is C27H30F3N5O3. The number of aromatic nitrogens is 1. The number of halogens is 3. The average Bonchev–Trinajstić information content (AvgIpc) is 3.40. The third kappa shape index (κ3) is 4.94. The van der Waals surface area contributed by atoms with E-state index in [2.05, 4.69) is 20.5 Å². The maximum Gasteiger partial charge on any atom is 0.419 e. The minimum atomic E-state index is -4.83. The first kappa shape index (κ1) is 26.0. The number of nitrogens with one attached hydrogen (secondary N) is 3. The molecule has 11 heteroatoms. The Labute approximate surface area is 218 Å². The number of aromatic amines is 1. The summed E-state index contributed by atoms with van der Waals surface area (Å²) < 4.78 is 43.2. The third-order valence-corrected chi connectivity index (χ3v) is 7.69. The Morgan fingerprint density at radius 2 is 1.82 bits per heavy atom. The maximum atomic E-state index is 14.4. The normalized spacial score (nSPS) is 19.9. The molecule has 0 bridgehead atoms. The SMILES string of the molecule is Cc1[nH]c(/C=C2\C(=O)Nc3ccc(NC=O)cc32)c(C(F)(F)F)c1C(=O)N1CCC(N2CCCCC2)CC1. The molecule has 3 aliphatic heterocycles. The molecule has 0 saturated carbocycles. The quantitative estimate of drug-likeness (QED) is 0.393. The van der Waals surface area contributed by atoms with Crippen LogP contribution in [0.5, 0.6) is 0 Å². The van der Waals surface area contributed by atoms with E-state index in [4.69, 9.17) is 0 Å². The van der Waals surface area contributed by atoms with Crippen molar-refractivity contribution in [1.29, 1.82) is 0 Å². The van der Waals surface area contributed by atoms with Gasteiger partial charge in [-0.25, -0.2) is 0 Å². The van der Waals surface area contributed by atoms with Gasteiger partial charge in [-0.15, -0.1) is 0 Å². The summed E-state index contributed by atoms with van der Waals surface area (Å²) in [6, 6.07) is 5.00. The van der Waals surface area contributed by atoms with Gasteiger partial charge in [-0.05, 0) is 70.0 Å². The van der Waals surface area contributed by atoms with Gasteiger partial charge >= 0.3 is 6.18 Å². The molecule has 38 heavy (non-hydrogen) atoms. The number of likely N-dealkylation sites (tertiary alicyclic amines) is 2. The second kappa shape index (κ2) is 10.3. The van der Waals surface area contributed by atoms with Gasteiger partial charge in [0.1, 0.15) is 0 Å². The average molecular weight is 530 g/mol. The van der Waals surface area contributed by atoms with Crippen LogP contribution in [0.1, 0.15) is 65.0 Å². The number of anilines is 2. The van der Waals surface area contributed by atoms with E-state index in [1.807, 2.05) is 0 Å². The predicted octanol–water partition coefficient (Wildman–Crippen LogP) is 4.49. The Morgan fingerprint density at radius 3 is 2.47 bits per heavy atom. The molecule has 0 atom stereocenters. The van der Waals surface area contributed by atoms with E-state index in [0.717, 1.165) is 44.8 Å². The monoisotopic (exact) mass is 529 g/mol. The molecule has 3 amide bonds. The highest BCUT2D eigenvalue weighted by atomic mass is 19.4. The second-order valence-corrected chi connectivity index (χ2v) is 10.1. The Kier molecular flexibility index (Phi) is 7.04. The zero-order valence-corrected chi connectivity index (χ0v) is 21.1. The van der Waals surface area contributed by atoms with Crippen molar-refractivity contribution in [2.45, 2.75) is 51.2 Å². The molecule has 5 rings (SSSR count). The fourth-order valence-electron chi connectivity index (χ4n) is 5.83. The summed E-state index contributed by atoms with van der Waals surface area (Å²) in [6.07, 6.45) is 1.79. The van der Waals surface area contributed by atoms with Gasteiger partial charge in [0.25, 0.3) is 11.8 Å². The lowest BCUT2D eigenvalue weighted by molar-refractivity contribution is -0.138. The number of piperidine rings is 2. The zero-order valence-electron chi connectivity index (χ0n) is 21.1. The number of benzene rings is 1. The van der Waals surface area contributed by atoms with Crippen LogP contribution in [0.15, 0.2) is 18.2 Å². The van der Waals surface area contributed by atoms with Gasteiger partial charge in [0.15, 0.2) is 0 Å². The first-order valence-corrected chi connectivity index (χ1v) is 12.9. The Bertz CT molecular complexity index is 1290. The van der Waals surface area contributed by atoms with Crippen molar-refractivity contribution < 1.29 is 27.6 Å². The molecule has 0 spiro atoms. The highest BCUT2D eigenvalue weighted by molar-refractivity contribution is 6.35. The first-order valence-electron chi connectivity index (χ1n) is 12.9. The molecule has 3 aliphatic rings. The van der Waals surface area contributed by atoms with Gasteiger partial charge in [0.2, 0.25) is 6.41 Å². The molecule has 2 fully saturated rings. The Morgan fingerprint density at radius 1 is 1.11 bits per heavy atom. The Balaban J connectivity index is 1.45. The van der Waals surface area contributed by atoms with Crippen LogP contribution in [0.3, 0.4) is 0 Å². The number of amides is 3. The van der Waals surface area contributed by atoms with Crippen LogP contribution in [0, 0.1) is 6.92 Å².